The van der Waals surface area contributed by atoms with E-state index in [9.17, 15) is 9.18 Å². The molecule has 6 nitrogen and oxygen atoms in total. The molecule has 1 heterocycles. The minimum Gasteiger partial charge on any atom is -0.491 e. The van der Waals surface area contributed by atoms with Gasteiger partial charge in [-0.15, -0.1) is 0 Å². The van der Waals surface area contributed by atoms with Crippen molar-refractivity contribution >= 4 is 5.91 Å². The zero-order valence-corrected chi connectivity index (χ0v) is 14.9. The first-order valence-electron chi connectivity index (χ1n) is 8.45. The molecule has 3 rings (SSSR count). The van der Waals surface area contributed by atoms with Crippen LogP contribution in [0.15, 0.2) is 54.7 Å². The number of ether oxygens (including phenoxy) is 2. The molecular formula is C20H20FN3O3. The molecule has 0 atom stereocenters. The summed E-state index contributed by atoms with van der Waals surface area (Å²) < 4.78 is 23.6. The van der Waals surface area contributed by atoms with Crippen molar-refractivity contribution in [1.82, 2.24) is 15.5 Å². The third kappa shape index (κ3) is 4.92. The maximum atomic E-state index is 13.1. The van der Waals surface area contributed by atoms with E-state index in [1.807, 2.05) is 24.3 Å². The van der Waals surface area contributed by atoms with Crippen molar-refractivity contribution in [3.8, 4) is 17.0 Å². The number of aromatic amines is 1. The highest BCUT2D eigenvalue weighted by molar-refractivity contribution is 5.99. The van der Waals surface area contributed by atoms with Gasteiger partial charge in [0.1, 0.15) is 18.2 Å². The summed E-state index contributed by atoms with van der Waals surface area (Å²) in [6, 6.07) is 13.4. The van der Waals surface area contributed by atoms with Crippen LogP contribution in [0.3, 0.4) is 0 Å². The van der Waals surface area contributed by atoms with Gasteiger partial charge in [0.15, 0.2) is 0 Å². The second-order valence-electron chi connectivity index (χ2n) is 5.84. The third-order valence-electron chi connectivity index (χ3n) is 3.92. The molecule has 0 saturated carbocycles. The standard InChI is InChI=1S/C20H20FN3O3/c1-26-9-10-27-17-4-2-3-14(11-17)12-22-20(25)18-13-23-24-19(18)15-5-7-16(21)8-6-15/h2-8,11,13H,9-10,12H2,1H3,(H,22,25)(H,23,24). The van der Waals surface area contributed by atoms with Gasteiger partial charge in [0.2, 0.25) is 0 Å². The van der Waals surface area contributed by atoms with Crippen molar-refractivity contribution < 1.29 is 18.7 Å². The van der Waals surface area contributed by atoms with Crippen LogP contribution in [0.2, 0.25) is 0 Å². The fourth-order valence-corrected chi connectivity index (χ4v) is 2.56. The van der Waals surface area contributed by atoms with Gasteiger partial charge < -0.3 is 14.8 Å². The van der Waals surface area contributed by atoms with E-state index in [-0.39, 0.29) is 11.7 Å². The predicted molar refractivity (Wildman–Crippen MR) is 99.0 cm³/mol. The maximum absolute atomic E-state index is 13.1. The monoisotopic (exact) mass is 369 g/mol. The van der Waals surface area contributed by atoms with Gasteiger partial charge in [-0.05, 0) is 42.0 Å². The van der Waals surface area contributed by atoms with E-state index in [2.05, 4.69) is 15.5 Å². The smallest absolute Gasteiger partial charge is 0.255 e. The van der Waals surface area contributed by atoms with E-state index in [0.29, 0.717) is 42.3 Å². The summed E-state index contributed by atoms with van der Waals surface area (Å²) in [5, 5.41) is 9.60. The van der Waals surface area contributed by atoms with Crippen LogP contribution in [-0.4, -0.2) is 36.4 Å². The number of methoxy groups -OCH3 is 1. The van der Waals surface area contributed by atoms with Crippen LogP contribution in [0.5, 0.6) is 5.75 Å². The first-order chi connectivity index (χ1) is 13.2. The number of rotatable bonds is 8. The van der Waals surface area contributed by atoms with Crippen molar-refractivity contribution in [3.63, 3.8) is 0 Å². The van der Waals surface area contributed by atoms with Crippen molar-refractivity contribution in [1.29, 1.82) is 0 Å². The fourth-order valence-electron chi connectivity index (χ4n) is 2.56. The molecule has 2 N–H and O–H groups in total. The molecule has 0 bridgehead atoms. The first kappa shape index (κ1) is 18.6. The van der Waals surface area contributed by atoms with Crippen LogP contribution in [0.4, 0.5) is 4.39 Å². The highest BCUT2D eigenvalue weighted by atomic mass is 19.1. The summed E-state index contributed by atoms with van der Waals surface area (Å²) in [5.74, 6) is 0.111. The van der Waals surface area contributed by atoms with E-state index in [4.69, 9.17) is 9.47 Å². The topological polar surface area (TPSA) is 76.2 Å². The Kier molecular flexibility index (Phi) is 6.17. The van der Waals surface area contributed by atoms with Gasteiger partial charge >= 0.3 is 0 Å². The molecule has 0 fully saturated rings. The summed E-state index contributed by atoms with van der Waals surface area (Å²) >= 11 is 0. The highest BCUT2D eigenvalue weighted by Gasteiger charge is 2.15. The largest absolute Gasteiger partial charge is 0.491 e. The molecule has 0 aliphatic carbocycles. The first-order valence-corrected chi connectivity index (χ1v) is 8.45. The lowest BCUT2D eigenvalue weighted by Gasteiger charge is -2.09. The Morgan fingerprint density at radius 3 is 2.78 bits per heavy atom. The van der Waals surface area contributed by atoms with Crippen molar-refractivity contribution in [2.24, 2.45) is 0 Å². The number of nitrogens with zero attached hydrogens (tertiary/aromatic N) is 1. The van der Waals surface area contributed by atoms with E-state index in [1.165, 1.54) is 18.3 Å². The van der Waals surface area contributed by atoms with Gasteiger partial charge in [-0.1, -0.05) is 12.1 Å². The number of amides is 1. The Labute approximate surface area is 156 Å². The lowest BCUT2D eigenvalue weighted by Crippen LogP contribution is -2.23. The van der Waals surface area contributed by atoms with Crippen LogP contribution in [-0.2, 0) is 11.3 Å². The number of benzene rings is 2. The minimum absolute atomic E-state index is 0.270. The van der Waals surface area contributed by atoms with Crippen molar-refractivity contribution in [2.45, 2.75) is 6.54 Å². The van der Waals surface area contributed by atoms with E-state index in [0.717, 1.165) is 5.56 Å². The van der Waals surface area contributed by atoms with Gasteiger partial charge in [-0.3, -0.25) is 9.89 Å². The Morgan fingerprint density at radius 1 is 1.19 bits per heavy atom. The van der Waals surface area contributed by atoms with Gasteiger partial charge in [0, 0.05) is 19.2 Å². The van der Waals surface area contributed by atoms with Crippen molar-refractivity contribution in [3.05, 3.63) is 71.7 Å². The molecule has 1 amide bonds. The third-order valence-corrected chi connectivity index (χ3v) is 3.92. The molecule has 1 aromatic heterocycles. The summed E-state index contributed by atoms with van der Waals surface area (Å²) in [6.07, 6.45) is 1.46. The number of hydrogen-bond acceptors (Lipinski definition) is 4. The Bertz CT molecular complexity index is 893. The number of carbonyl (C=O) groups excluding carboxylic acids is 1. The van der Waals surface area contributed by atoms with Crippen LogP contribution in [0.1, 0.15) is 15.9 Å². The second-order valence-corrected chi connectivity index (χ2v) is 5.84. The number of carbonyl (C=O) groups is 1. The predicted octanol–water partition coefficient (Wildman–Crippen LogP) is 3.17. The molecule has 7 heteroatoms. The number of hydrogen-bond donors (Lipinski definition) is 2. The van der Waals surface area contributed by atoms with E-state index >= 15 is 0 Å². The lowest BCUT2D eigenvalue weighted by atomic mass is 10.1. The molecule has 0 radical (unpaired) electrons. The molecule has 0 spiro atoms. The number of aromatic nitrogens is 2. The van der Waals surface area contributed by atoms with Crippen LogP contribution in [0, 0.1) is 5.82 Å². The minimum atomic E-state index is -0.336. The van der Waals surface area contributed by atoms with E-state index < -0.39 is 0 Å². The fraction of sp³-hybridized carbons (Fsp3) is 0.200. The quantitative estimate of drug-likeness (QED) is 0.598. The molecular weight excluding hydrogens is 349 g/mol. The molecule has 0 unspecified atom stereocenters. The number of halogens is 1. The molecule has 0 aliphatic rings. The zero-order chi connectivity index (χ0) is 19.1. The van der Waals surface area contributed by atoms with Crippen LogP contribution in [0.25, 0.3) is 11.3 Å². The molecule has 3 aromatic rings. The molecule has 0 aliphatic heterocycles. The summed E-state index contributed by atoms with van der Waals surface area (Å²) in [4.78, 5) is 12.5. The van der Waals surface area contributed by atoms with Gasteiger partial charge in [-0.25, -0.2) is 4.39 Å². The summed E-state index contributed by atoms with van der Waals surface area (Å²) in [5.41, 5.74) is 2.54. The normalized spacial score (nSPS) is 10.6. The lowest BCUT2D eigenvalue weighted by molar-refractivity contribution is 0.0951. The van der Waals surface area contributed by atoms with Gasteiger partial charge in [0.05, 0.1) is 24.1 Å². The average Bonchev–Trinajstić information content (AvgIpc) is 3.17. The maximum Gasteiger partial charge on any atom is 0.255 e. The molecule has 2 aromatic carbocycles. The van der Waals surface area contributed by atoms with Crippen LogP contribution >= 0.6 is 0 Å². The Balaban J connectivity index is 1.64. The average molecular weight is 369 g/mol. The Hall–Kier alpha value is -3.19. The highest BCUT2D eigenvalue weighted by Crippen LogP contribution is 2.21. The van der Waals surface area contributed by atoms with Gasteiger partial charge in [-0.2, -0.15) is 5.10 Å². The zero-order valence-electron chi connectivity index (χ0n) is 14.9. The van der Waals surface area contributed by atoms with Crippen molar-refractivity contribution in [2.75, 3.05) is 20.3 Å². The second kappa shape index (κ2) is 8.95. The summed E-state index contributed by atoms with van der Waals surface area (Å²) in [7, 11) is 1.62. The number of nitrogens with one attached hydrogen (secondary N) is 2. The van der Waals surface area contributed by atoms with Crippen LogP contribution < -0.4 is 10.1 Å². The van der Waals surface area contributed by atoms with E-state index in [1.54, 1.807) is 19.2 Å². The number of H-pyrrole nitrogens is 1. The molecule has 27 heavy (non-hydrogen) atoms. The summed E-state index contributed by atoms with van der Waals surface area (Å²) in [6.45, 7) is 1.31. The van der Waals surface area contributed by atoms with Gasteiger partial charge in [0.25, 0.3) is 5.91 Å². The SMILES string of the molecule is COCCOc1cccc(CNC(=O)c2cn[nH]c2-c2ccc(F)cc2)c1. The molecule has 140 valence electrons. The molecule has 0 saturated heterocycles. The Morgan fingerprint density at radius 2 is 2.00 bits per heavy atom.